The molecule has 0 bridgehead atoms. The van der Waals surface area contributed by atoms with Crippen molar-refractivity contribution in [1.82, 2.24) is 23.4 Å². The number of nitrogens with zero attached hydrogens (tertiary/aromatic N) is 4. The predicted octanol–water partition coefficient (Wildman–Crippen LogP) is 0.564. The molecule has 3 heterocycles. The lowest BCUT2D eigenvalue weighted by molar-refractivity contribution is -0.149. The molecule has 0 aliphatic carbocycles. The van der Waals surface area contributed by atoms with Crippen LogP contribution in [0.2, 0.25) is 0 Å². The van der Waals surface area contributed by atoms with Gasteiger partial charge in [-0.3, -0.25) is 19.1 Å². The Hall–Kier alpha value is -2.47. The second kappa shape index (κ2) is 9.35. The van der Waals surface area contributed by atoms with E-state index >= 15 is 0 Å². The number of imidazole rings is 1. The Balaban J connectivity index is 1.94. The molecular formula is C19H29N5O6S. The summed E-state index contributed by atoms with van der Waals surface area (Å²) < 4.78 is 33.5. The lowest BCUT2D eigenvalue weighted by atomic mass is 10.2. The van der Waals surface area contributed by atoms with Crippen molar-refractivity contribution in [2.24, 2.45) is 0 Å². The molecule has 1 aliphatic rings. The molecule has 0 unspecified atom stereocenters. The van der Waals surface area contributed by atoms with Crippen LogP contribution in [0.15, 0.2) is 9.59 Å². The number of hydrogen-bond donors (Lipinski definition) is 1. The first-order valence-corrected chi connectivity index (χ1v) is 12.4. The summed E-state index contributed by atoms with van der Waals surface area (Å²) in [6, 6.07) is -0.856. The number of esters is 1. The summed E-state index contributed by atoms with van der Waals surface area (Å²) in [6.45, 7) is 4.87. The van der Waals surface area contributed by atoms with Gasteiger partial charge in [0.25, 0.3) is 5.56 Å². The highest BCUT2D eigenvalue weighted by Gasteiger charge is 2.37. The summed E-state index contributed by atoms with van der Waals surface area (Å²) in [5.74, 6) is -0.300. The van der Waals surface area contributed by atoms with Crippen LogP contribution in [-0.4, -0.2) is 56.6 Å². The first kappa shape index (κ1) is 23.2. The number of unbranched alkanes of at least 4 members (excludes halogenated alkanes) is 1. The summed E-state index contributed by atoms with van der Waals surface area (Å²) in [6.07, 6.45) is 4.36. The highest BCUT2D eigenvalue weighted by atomic mass is 32.2. The van der Waals surface area contributed by atoms with Gasteiger partial charge in [-0.05, 0) is 25.7 Å². The van der Waals surface area contributed by atoms with E-state index in [1.807, 2.05) is 13.8 Å². The molecule has 172 valence electrons. The van der Waals surface area contributed by atoms with Crippen molar-refractivity contribution in [3.05, 3.63) is 26.7 Å². The Morgan fingerprint density at radius 3 is 2.58 bits per heavy atom. The van der Waals surface area contributed by atoms with Gasteiger partial charge in [-0.25, -0.2) is 18.2 Å². The maximum Gasteiger partial charge on any atom is 0.330 e. The van der Waals surface area contributed by atoms with Gasteiger partial charge in [-0.15, -0.1) is 0 Å². The summed E-state index contributed by atoms with van der Waals surface area (Å²) in [5.41, 5.74) is -0.529. The van der Waals surface area contributed by atoms with Crippen LogP contribution in [0.4, 0.5) is 0 Å². The monoisotopic (exact) mass is 455 g/mol. The van der Waals surface area contributed by atoms with Crippen LogP contribution in [0, 0.1) is 0 Å². The molecule has 0 aromatic carbocycles. The van der Waals surface area contributed by atoms with E-state index in [2.05, 4.69) is 9.97 Å². The third kappa shape index (κ3) is 4.74. The van der Waals surface area contributed by atoms with Crippen LogP contribution in [0.3, 0.4) is 0 Å². The Kier molecular flexibility index (Phi) is 6.99. The fourth-order valence-corrected chi connectivity index (χ4v) is 5.03. The molecule has 2 aromatic rings. The van der Waals surface area contributed by atoms with Crippen molar-refractivity contribution >= 4 is 27.2 Å². The van der Waals surface area contributed by atoms with E-state index in [9.17, 15) is 22.8 Å². The van der Waals surface area contributed by atoms with Gasteiger partial charge in [0, 0.05) is 19.6 Å². The molecule has 1 atom stereocenters. The number of H-pyrrole nitrogens is 1. The van der Waals surface area contributed by atoms with Gasteiger partial charge in [-0.1, -0.05) is 20.3 Å². The van der Waals surface area contributed by atoms with Crippen molar-refractivity contribution in [3.63, 3.8) is 0 Å². The van der Waals surface area contributed by atoms with E-state index in [0.29, 0.717) is 38.2 Å². The van der Waals surface area contributed by atoms with Crippen LogP contribution in [-0.2, 0) is 39.3 Å². The molecular weight excluding hydrogens is 426 g/mol. The van der Waals surface area contributed by atoms with Gasteiger partial charge in [-0.2, -0.15) is 4.31 Å². The zero-order chi connectivity index (χ0) is 22.8. The zero-order valence-corrected chi connectivity index (χ0v) is 18.9. The number of aromatic amines is 1. The highest BCUT2D eigenvalue weighted by molar-refractivity contribution is 7.88. The lowest BCUT2D eigenvalue weighted by Gasteiger charge is -2.20. The van der Waals surface area contributed by atoms with E-state index < -0.39 is 33.3 Å². The Bertz CT molecular complexity index is 1180. The number of aryl methyl sites for hydroxylation is 2. The van der Waals surface area contributed by atoms with Gasteiger partial charge < -0.3 is 9.30 Å². The maximum absolute atomic E-state index is 12.6. The number of rotatable bonds is 9. The van der Waals surface area contributed by atoms with E-state index in [-0.39, 0.29) is 24.3 Å². The maximum atomic E-state index is 12.6. The van der Waals surface area contributed by atoms with Crippen molar-refractivity contribution in [2.45, 2.75) is 71.7 Å². The molecule has 1 aliphatic heterocycles. The molecule has 1 saturated heterocycles. The average Bonchev–Trinajstić information content (AvgIpc) is 3.32. The molecule has 12 heteroatoms. The average molecular weight is 456 g/mol. The molecule has 0 saturated carbocycles. The van der Waals surface area contributed by atoms with Crippen molar-refractivity contribution in [1.29, 1.82) is 0 Å². The second-order valence-corrected chi connectivity index (χ2v) is 9.69. The normalized spacial score (nSPS) is 17.5. The summed E-state index contributed by atoms with van der Waals surface area (Å²) in [5, 5.41) is 0. The minimum Gasteiger partial charge on any atom is -0.456 e. The SMILES string of the molecule is CCCCn1c(=O)[nH]c(=O)c2c1nc(COC(=O)[C@@H]1CCCN1S(C)(=O)=O)n2CCC. The minimum absolute atomic E-state index is 0.219. The number of ether oxygens (including phenoxy) is 1. The fraction of sp³-hybridized carbons (Fsp3) is 0.684. The van der Waals surface area contributed by atoms with Crippen LogP contribution in [0.1, 0.15) is 51.8 Å². The number of sulfonamides is 1. The molecule has 31 heavy (non-hydrogen) atoms. The van der Waals surface area contributed by atoms with Crippen LogP contribution < -0.4 is 11.2 Å². The fourth-order valence-electron chi connectivity index (χ4n) is 3.92. The molecule has 11 nitrogen and oxygen atoms in total. The Morgan fingerprint density at radius 1 is 1.19 bits per heavy atom. The van der Waals surface area contributed by atoms with Gasteiger partial charge in [0.05, 0.1) is 6.26 Å². The summed E-state index contributed by atoms with van der Waals surface area (Å²) in [7, 11) is -3.51. The smallest absolute Gasteiger partial charge is 0.330 e. The van der Waals surface area contributed by atoms with E-state index in [4.69, 9.17) is 4.74 Å². The van der Waals surface area contributed by atoms with Gasteiger partial charge in [0.15, 0.2) is 11.2 Å². The number of fused-ring (bicyclic) bond motifs is 1. The summed E-state index contributed by atoms with van der Waals surface area (Å²) >= 11 is 0. The Labute approximate surface area is 180 Å². The van der Waals surface area contributed by atoms with Gasteiger partial charge >= 0.3 is 11.7 Å². The molecule has 1 fully saturated rings. The molecule has 0 spiro atoms. The van der Waals surface area contributed by atoms with Gasteiger partial charge in [0.2, 0.25) is 10.0 Å². The summed E-state index contributed by atoms with van der Waals surface area (Å²) in [4.78, 5) is 44.3. The van der Waals surface area contributed by atoms with Crippen molar-refractivity contribution < 1.29 is 17.9 Å². The highest BCUT2D eigenvalue weighted by Crippen LogP contribution is 2.22. The molecule has 0 amide bonds. The van der Waals surface area contributed by atoms with Crippen LogP contribution in [0.25, 0.3) is 11.2 Å². The third-order valence-corrected chi connectivity index (χ3v) is 6.68. The largest absolute Gasteiger partial charge is 0.456 e. The zero-order valence-electron chi connectivity index (χ0n) is 18.1. The standard InChI is InChI=1S/C19H29N5O6S/c1-4-6-10-23-16-15(17(25)21-19(23)27)22(9-5-2)14(20-16)12-30-18(26)13-8-7-11-24(13)31(3,28)29/h13H,4-12H2,1-3H3,(H,21,25,27)/t13-/m0/s1. The van der Waals surface area contributed by atoms with Crippen molar-refractivity contribution in [3.8, 4) is 0 Å². The molecule has 0 radical (unpaired) electrons. The first-order valence-electron chi connectivity index (χ1n) is 10.5. The first-order chi connectivity index (χ1) is 14.7. The lowest BCUT2D eigenvalue weighted by Crippen LogP contribution is -2.40. The number of hydrogen-bond acceptors (Lipinski definition) is 7. The molecule has 3 rings (SSSR count). The number of carbonyl (C=O) groups is 1. The number of carbonyl (C=O) groups excluding carboxylic acids is 1. The van der Waals surface area contributed by atoms with Crippen molar-refractivity contribution in [2.75, 3.05) is 12.8 Å². The van der Waals surface area contributed by atoms with E-state index in [1.165, 1.54) is 4.57 Å². The van der Waals surface area contributed by atoms with E-state index in [0.717, 1.165) is 23.4 Å². The molecule has 1 N–H and O–H groups in total. The number of aromatic nitrogens is 4. The third-order valence-electron chi connectivity index (χ3n) is 5.39. The second-order valence-electron chi connectivity index (χ2n) is 7.76. The van der Waals surface area contributed by atoms with Gasteiger partial charge in [0.1, 0.15) is 18.5 Å². The van der Waals surface area contributed by atoms with E-state index in [1.54, 1.807) is 4.57 Å². The predicted molar refractivity (Wildman–Crippen MR) is 114 cm³/mol. The number of nitrogens with one attached hydrogen (secondary N) is 1. The molecule has 2 aromatic heterocycles. The Morgan fingerprint density at radius 2 is 1.94 bits per heavy atom. The van der Waals surface area contributed by atoms with Crippen LogP contribution in [0.5, 0.6) is 0 Å². The minimum atomic E-state index is -3.51. The topological polar surface area (TPSA) is 136 Å². The quantitative estimate of drug-likeness (QED) is 0.546. The van der Waals surface area contributed by atoms with Crippen LogP contribution >= 0.6 is 0 Å².